The van der Waals surface area contributed by atoms with Crippen molar-refractivity contribution in [1.82, 2.24) is 4.98 Å². The largest absolute Gasteiger partial charge is 0.465 e. The highest BCUT2D eigenvalue weighted by Crippen LogP contribution is 2.37. The van der Waals surface area contributed by atoms with Gasteiger partial charge in [0.25, 0.3) is 0 Å². The molecule has 3 rings (SSSR count). The number of thiazole rings is 1. The molecule has 9 heteroatoms. The highest BCUT2D eigenvalue weighted by molar-refractivity contribution is 7.13. The molecular weight excluding hydrogens is 462 g/mol. The quantitative estimate of drug-likeness (QED) is 0.339. The van der Waals surface area contributed by atoms with Crippen LogP contribution in [0.25, 0.3) is 0 Å². The number of esters is 2. The molecule has 0 aliphatic carbocycles. The van der Waals surface area contributed by atoms with Crippen LogP contribution in [0.2, 0.25) is 0 Å². The third kappa shape index (κ3) is 6.17. The Morgan fingerprint density at radius 2 is 1.85 bits per heavy atom. The first-order valence-corrected chi connectivity index (χ1v) is 11.8. The van der Waals surface area contributed by atoms with E-state index in [0.29, 0.717) is 17.2 Å². The molecule has 1 heterocycles. The molecule has 0 aliphatic rings. The highest BCUT2D eigenvalue weighted by atomic mass is 32.1. The summed E-state index contributed by atoms with van der Waals surface area (Å²) >= 11 is 1.17. The molecule has 1 unspecified atom stereocenters. The number of hydrogen-bond acceptors (Lipinski definition) is 7. The number of anilines is 2. The van der Waals surface area contributed by atoms with E-state index in [9.17, 15) is 18.4 Å². The Labute approximate surface area is 200 Å². The van der Waals surface area contributed by atoms with E-state index >= 15 is 0 Å². The molecule has 0 aliphatic heterocycles. The summed E-state index contributed by atoms with van der Waals surface area (Å²) in [7, 11) is 0. The van der Waals surface area contributed by atoms with Gasteiger partial charge in [0.05, 0.1) is 18.0 Å². The summed E-state index contributed by atoms with van der Waals surface area (Å²) in [5.74, 6) is -2.37. The Bertz CT molecular complexity index is 1120. The van der Waals surface area contributed by atoms with Crippen molar-refractivity contribution in [2.75, 3.05) is 11.9 Å². The van der Waals surface area contributed by atoms with Crippen LogP contribution in [0.5, 0.6) is 0 Å². The van der Waals surface area contributed by atoms with Crippen LogP contribution in [0, 0.1) is 11.6 Å². The monoisotopic (exact) mass is 488 g/mol. The second kappa shape index (κ2) is 11.7. The predicted octanol–water partition coefficient (Wildman–Crippen LogP) is 5.90. The standard InChI is InChI=1S/C25H26F2N2O4S/c1-3-25(23(31)32-4-2,13-12-22(30)33-15-17-8-6-5-7-9-17)21-16-34-24(29-21)28-20-11-10-18(26)14-19(20)27/h5-11,14,16H,3-4,12-13,15H2,1-2H3,(H,28,29). The zero-order valence-corrected chi connectivity index (χ0v) is 19.8. The van der Waals surface area contributed by atoms with E-state index in [1.807, 2.05) is 37.3 Å². The van der Waals surface area contributed by atoms with E-state index in [0.717, 1.165) is 17.7 Å². The number of hydrogen-bond donors (Lipinski definition) is 1. The predicted molar refractivity (Wildman–Crippen MR) is 126 cm³/mol. The van der Waals surface area contributed by atoms with Crippen molar-refractivity contribution in [3.63, 3.8) is 0 Å². The Morgan fingerprint density at radius 1 is 1.09 bits per heavy atom. The van der Waals surface area contributed by atoms with Crippen molar-refractivity contribution in [2.45, 2.75) is 45.1 Å². The highest BCUT2D eigenvalue weighted by Gasteiger charge is 2.42. The number of nitrogens with one attached hydrogen (secondary N) is 1. The summed E-state index contributed by atoms with van der Waals surface area (Å²) < 4.78 is 37.9. The van der Waals surface area contributed by atoms with Crippen molar-refractivity contribution in [1.29, 1.82) is 0 Å². The van der Waals surface area contributed by atoms with Crippen molar-refractivity contribution in [3.8, 4) is 0 Å². The van der Waals surface area contributed by atoms with Crippen molar-refractivity contribution in [2.24, 2.45) is 0 Å². The number of carbonyl (C=O) groups excluding carboxylic acids is 2. The number of carbonyl (C=O) groups is 2. The number of ether oxygens (including phenoxy) is 2. The second-order valence-corrected chi connectivity index (χ2v) is 8.45. The number of halogens is 2. The van der Waals surface area contributed by atoms with Crippen LogP contribution in [0.15, 0.2) is 53.9 Å². The zero-order chi connectivity index (χ0) is 24.6. The van der Waals surface area contributed by atoms with Gasteiger partial charge in [0.1, 0.15) is 23.7 Å². The van der Waals surface area contributed by atoms with Gasteiger partial charge < -0.3 is 14.8 Å². The zero-order valence-electron chi connectivity index (χ0n) is 19.0. The Kier molecular flexibility index (Phi) is 8.70. The molecule has 1 atom stereocenters. The summed E-state index contributed by atoms with van der Waals surface area (Å²) in [6.07, 6.45) is 0.474. The molecule has 0 fully saturated rings. The van der Waals surface area contributed by atoms with Crippen molar-refractivity contribution >= 4 is 34.1 Å². The topological polar surface area (TPSA) is 77.5 Å². The van der Waals surface area contributed by atoms with Gasteiger partial charge in [-0.2, -0.15) is 0 Å². The molecule has 0 saturated heterocycles. The maximum atomic E-state index is 14.0. The number of rotatable bonds is 11. The Balaban J connectivity index is 1.75. The molecule has 1 N–H and O–H groups in total. The summed E-state index contributed by atoms with van der Waals surface area (Å²) in [5.41, 5.74) is 0.176. The van der Waals surface area contributed by atoms with Crippen LogP contribution in [0.3, 0.4) is 0 Å². The van der Waals surface area contributed by atoms with Crippen LogP contribution in [0.1, 0.15) is 44.4 Å². The molecule has 6 nitrogen and oxygen atoms in total. The average Bonchev–Trinajstić information content (AvgIpc) is 3.30. The fourth-order valence-electron chi connectivity index (χ4n) is 3.49. The lowest BCUT2D eigenvalue weighted by molar-refractivity contribution is -0.152. The van der Waals surface area contributed by atoms with Crippen LogP contribution in [-0.2, 0) is 31.1 Å². The molecule has 0 spiro atoms. The lowest BCUT2D eigenvalue weighted by Gasteiger charge is -2.28. The maximum Gasteiger partial charge on any atom is 0.318 e. The van der Waals surface area contributed by atoms with Crippen molar-refractivity contribution in [3.05, 3.63) is 76.8 Å². The van der Waals surface area contributed by atoms with Crippen LogP contribution in [-0.4, -0.2) is 23.5 Å². The maximum absolute atomic E-state index is 14.0. The van der Waals surface area contributed by atoms with Gasteiger partial charge in [-0.25, -0.2) is 13.8 Å². The molecule has 0 saturated carbocycles. The smallest absolute Gasteiger partial charge is 0.318 e. The van der Waals surface area contributed by atoms with Gasteiger partial charge >= 0.3 is 11.9 Å². The first kappa shape index (κ1) is 25.3. The normalized spacial score (nSPS) is 12.6. The van der Waals surface area contributed by atoms with E-state index in [1.54, 1.807) is 12.3 Å². The van der Waals surface area contributed by atoms with Gasteiger partial charge in [-0.1, -0.05) is 37.3 Å². The number of nitrogens with zero attached hydrogens (tertiary/aromatic N) is 1. The summed E-state index contributed by atoms with van der Waals surface area (Å²) in [6.45, 7) is 3.84. The third-order valence-electron chi connectivity index (χ3n) is 5.44. The van der Waals surface area contributed by atoms with E-state index < -0.39 is 29.0 Å². The minimum atomic E-state index is -1.17. The van der Waals surface area contributed by atoms with Crippen LogP contribution >= 0.6 is 11.3 Å². The lowest BCUT2D eigenvalue weighted by atomic mass is 9.78. The van der Waals surface area contributed by atoms with E-state index in [2.05, 4.69) is 10.3 Å². The van der Waals surface area contributed by atoms with Gasteiger partial charge in [0.15, 0.2) is 5.13 Å². The average molecular weight is 489 g/mol. The molecule has 0 radical (unpaired) electrons. The molecule has 1 aromatic heterocycles. The van der Waals surface area contributed by atoms with Crippen LogP contribution < -0.4 is 5.32 Å². The molecular formula is C25H26F2N2O4S. The molecule has 0 bridgehead atoms. The fourth-order valence-corrected chi connectivity index (χ4v) is 4.31. The Hall–Kier alpha value is -3.33. The van der Waals surface area contributed by atoms with Gasteiger partial charge in [-0.05, 0) is 37.5 Å². The lowest BCUT2D eigenvalue weighted by Crippen LogP contribution is -2.38. The molecule has 180 valence electrons. The number of aromatic nitrogens is 1. The minimum Gasteiger partial charge on any atom is -0.465 e. The molecule has 34 heavy (non-hydrogen) atoms. The van der Waals surface area contributed by atoms with E-state index in [1.165, 1.54) is 17.4 Å². The van der Waals surface area contributed by atoms with E-state index in [4.69, 9.17) is 9.47 Å². The summed E-state index contributed by atoms with van der Waals surface area (Å²) in [4.78, 5) is 29.9. The van der Waals surface area contributed by atoms with Crippen molar-refractivity contribution < 1.29 is 27.8 Å². The van der Waals surface area contributed by atoms with Gasteiger partial charge in [0, 0.05) is 17.9 Å². The second-order valence-electron chi connectivity index (χ2n) is 7.59. The van der Waals surface area contributed by atoms with Gasteiger partial charge in [-0.15, -0.1) is 11.3 Å². The first-order valence-electron chi connectivity index (χ1n) is 10.9. The SMILES string of the molecule is CCOC(=O)C(CC)(CCC(=O)OCc1ccccc1)c1csc(Nc2ccc(F)cc2F)n1. The minimum absolute atomic E-state index is 0.00757. The molecule has 3 aromatic rings. The van der Waals surface area contributed by atoms with Crippen LogP contribution in [0.4, 0.5) is 19.6 Å². The molecule has 2 aromatic carbocycles. The third-order valence-corrected chi connectivity index (χ3v) is 6.19. The Morgan fingerprint density at radius 3 is 2.53 bits per heavy atom. The number of benzene rings is 2. The first-order chi connectivity index (χ1) is 16.4. The molecule has 0 amide bonds. The summed E-state index contributed by atoms with van der Waals surface area (Å²) in [5, 5.41) is 4.82. The summed E-state index contributed by atoms with van der Waals surface area (Å²) in [6, 6.07) is 12.5. The van der Waals surface area contributed by atoms with E-state index in [-0.39, 0.29) is 31.7 Å². The fraction of sp³-hybridized carbons (Fsp3) is 0.320. The van der Waals surface area contributed by atoms with Gasteiger partial charge in [-0.3, -0.25) is 9.59 Å². The van der Waals surface area contributed by atoms with Gasteiger partial charge in [0.2, 0.25) is 0 Å².